The maximum Gasteiger partial charge on any atom is 0.328 e. The molecular weight excluding hydrogens is 266 g/mol. The topological polar surface area (TPSA) is 67.9 Å². The molecule has 0 bridgehead atoms. The van der Waals surface area contributed by atoms with Crippen molar-refractivity contribution in [3.63, 3.8) is 0 Å². The summed E-state index contributed by atoms with van der Waals surface area (Å²) in [5.74, 6) is 0.311. The van der Waals surface area contributed by atoms with Gasteiger partial charge in [-0.3, -0.25) is 0 Å². The van der Waals surface area contributed by atoms with Crippen LogP contribution in [0.25, 0.3) is 11.0 Å². The van der Waals surface area contributed by atoms with Gasteiger partial charge in [0.05, 0.1) is 24.1 Å². The zero-order chi connectivity index (χ0) is 14.0. The zero-order valence-corrected chi connectivity index (χ0v) is 11.3. The van der Waals surface area contributed by atoms with Gasteiger partial charge in [0.15, 0.2) is 0 Å². The molecule has 6 heteroatoms. The first kappa shape index (κ1) is 13.4. The van der Waals surface area contributed by atoms with Crippen LogP contribution in [0.4, 0.5) is 0 Å². The summed E-state index contributed by atoms with van der Waals surface area (Å²) in [6.45, 7) is 1.71. The molecule has 1 aromatic heterocycles. The third-order valence-corrected chi connectivity index (χ3v) is 3.20. The van der Waals surface area contributed by atoms with Gasteiger partial charge in [-0.1, -0.05) is 6.07 Å². The van der Waals surface area contributed by atoms with Crippen LogP contribution in [-0.2, 0) is 15.4 Å². The molecule has 0 aliphatic carbocycles. The molecule has 0 spiro atoms. The fraction of sp³-hybridized carbons (Fsp3) is 0.308. The Bertz CT molecular complexity index is 672. The number of benzene rings is 1. The predicted octanol–water partition coefficient (Wildman–Crippen LogP) is 2.38. The lowest BCUT2D eigenvalue weighted by molar-refractivity contribution is -0.143. The van der Waals surface area contributed by atoms with Gasteiger partial charge in [0.1, 0.15) is 23.5 Å². The van der Waals surface area contributed by atoms with Crippen molar-refractivity contribution in [2.75, 3.05) is 7.11 Å². The fourth-order valence-electron chi connectivity index (χ4n) is 2.06. The van der Waals surface area contributed by atoms with Crippen LogP contribution in [0.2, 0.25) is 0 Å². The second-order valence-corrected chi connectivity index (χ2v) is 4.28. The number of ether oxygens (including phenoxy) is 1. The SMILES string of the molecule is COC(=O)C(C)n1c(CCl)nc2c(C#N)cccc21. The lowest BCUT2D eigenvalue weighted by Crippen LogP contribution is -2.19. The summed E-state index contributed by atoms with van der Waals surface area (Å²) in [4.78, 5) is 16.0. The number of carbonyl (C=O) groups excluding carboxylic acids is 1. The number of hydrogen-bond donors (Lipinski definition) is 0. The van der Waals surface area contributed by atoms with Crippen molar-refractivity contribution in [1.82, 2.24) is 9.55 Å². The molecule has 1 heterocycles. The monoisotopic (exact) mass is 277 g/mol. The number of methoxy groups -OCH3 is 1. The molecule has 98 valence electrons. The molecular formula is C13H12ClN3O2. The van der Waals surface area contributed by atoms with Gasteiger partial charge >= 0.3 is 5.97 Å². The number of esters is 1. The number of rotatable bonds is 3. The maximum absolute atomic E-state index is 11.7. The fourth-order valence-corrected chi connectivity index (χ4v) is 2.25. The first-order chi connectivity index (χ1) is 9.13. The summed E-state index contributed by atoms with van der Waals surface area (Å²) in [7, 11) is 1.33. The van der Waals surface area contributed by atoms with Crippen molar-refractivity contribution in [2.45, 2.75) is 18.8 Å². The molecule has 0 radical (unpaired) electrons. The summed E-state index contributed by atoms with van der Waals surface area (Å²) < 4.78 is 6.45. The van der Waals surface area contributed by atoms with Gasteiger partial charge in [-0.15, -0.1) is 11.6 Å². The van der Waals surface area contributed by atoms with Crippen molar-refractivity contribution in [1.29, 1.82) is 5.26 Å². The molecule has 2 aromatic rings. The van der Waals surface area contributed by atoms with Crippen LogP contribution in [0.1, 0.15) is 24.4 Å². The molecule has 1 unspecified atom stereocenters. The van der Waals surface area contributed by atoms with E-state index in [1.807, 2.05) is 0 Å². The van der Waals surface area contributed by atoms with Crippen molar-refractivity contribution in [3.05, 3.63) is 29.6 Å². The Morgan fingerprint density at radius 3 is 2.95 bits per heavy atom. The minimum Gasteiger partial charge on any atom is -0.467 e. The summed E-state index contributed by atoms with van der Waals surface area (Å²) in [6, 6.07) is 6.77. The number of fused-ring (bicyclic) bond motifs is 1. The van der Waals surface area contributed by atoms with E-state index in [1.165, 1.54) is 7.11 Å². The minimum absolute atomic E-state index is 0.154. The molecule has 1 aromatic carbocycles. The van der Waals surface area contributed by atoms with Crippen LogP contribution < -0.4 is 0 Å². The zero-order valence-electron chi connectivity index (χ0n) is 10.6. The molecule has 2 rings (SSSR count). The Labute approximate surface area is 115 Å². The van der Waals surface area contributed by atoms with Crippen molar-refractivity contribution in [2.24, 2.45) is 0 Å². The lowest BCUT2D eigenvalue weighted by atomic mass is 10.2. The van der Waals surface area contributed by atoms with E-state index in [0.717, 1.165) is 0 Å². The van der Waals surface area contributed by atoms with E-state index in [1.54, 1.807) is 29.7 Å². The maximum atomic E-state index is 11.7. The van der Waals surface area contributed by atoms with Crippen LogP contribution >= 0.6 is 11.6 Å². The predicted molar refractivity (Wildman–Crippen MR) is 70.7 cm³/mol. The van der Waals surface area contributed by atoms with E-state index in [2.05, 4.69) is 11.1 Å². The summed E-state index contributed by atoms with van der Waals surface area (Å²) in [5.41, 5.74) is 1.71. The Balaban J connectivity index is 2.72. The molecule has 5 nitrogen and oxygen atoms in total. The highest BCUT2D eigenvalue weighted by atomic mass is 35.5. The summed E-state index contributed by atoms with van der Waals surface area (Å²) in [5, 5.41) is 9.08. The number of imidazole rings is 1. The third-order valence-electron chi connectivity index (χ3n) is 2.96. The number of para-hydroxylation sites is 1. The largest absolute Gasteiger partial charge is 0.467 e. The number of hydrogen-bond acceptors (Lipinski definition) is 4. The van der Waals surface area contributed by atoms with E-state index >= 15 is 0 Å². The van der Waals surface area contributed by atoms with Crippen LogP contribution in [0, 0.1) is 11.3 Å². The Morgan fingerprint density at radius 2 is 2.37 bits per heavy atom. The number of nitriles is 1. The molecule has 0 N–H and O–H groups in total. The smallest absolute Gasteiger partial charge is 0.328 e. The van der Waals surface area contributed by atoms with E-state index < -0.39 is 6.04 Å². The van der Waals surface area contributed by atoms with Crippen molar-refractivity contribution < 1.29 is 9.53 Å². The highest BCUT2D eigenvalue weighted by molar-refractivity contribution is 6.17. The molecule has 0 aliphatic rings. The lowest BCUT2D eigenvalue weighted by Gasteiger charge is -2.14. The average Bonchev–Trinajstić information content (AvgIpc) is 2.83. The second-order valence-electron chi connectivity index (χ2n) is 4.02. The highest BCUT2D eigenvalue weighted by Gasteiger charge is 2.22. The summed E-state index contributed by atoms with van der Waals surface area (Å²) >= 11 is 5.87. The Morgan fingerprint density at radius 1 is 1.63 bits per heavy atom. The van der Waals surface area contributed by atoms with Crippen LogP contribution in [-0.4, -0.2) is 22.6 Å². The molecule has 1 atom stereocenters. The van der Waals surface area contributed by atoms with Crippen LogP contribution in [0.15, 0.2) is 18.2 Å². The van der Waals surface area contributed by atoms with Gasteiger partial charge in [0.2, 0.25) is 0 Å². The number of nitrogens with zero attached hydrogens (tertiary/aromatic N) is 3. The number of carbonyl (C=O) groups is 1. The number of alkyl halides is 1. The molecule has 0 fully saturated rings. The standard InChI is InChI=1S/C13H12ClN3O2/c1-8(13(18)19-2)17-10-5-3-4-9(7-15)12(10)16-11(17)6-14/h3-5,8H,6H2,1-2H3. The first-order valence-electron chi connectivity index (χ1n) is 5.67. The van der Waals surface area contributed by atoms with E-state index in [9.17, 15) is 4.79 Å². The molecule has 0 saturated heterocycles. The third kappa shape index (κ3) is 2.15. The average molecular weight is 278 g/mol. The van der Waals surface area contributed by atoms with Crippen molar-refractivity contribution >= 4 is 28.6 Å². The van der Waals surface area contributed by atoms with E-state index in [-0.39, 0.29) is 11.8 Å². The second kappa shape index (κ2) is 5.29. The van der Waals surface area contributed by atoms with E-state index in [4.69, 9.17) is 21.6 Å². The quantitative estimate of drug-likeness (QED) is 0.638. The molecule has 0 amide bonds. The van der Waals surface area contributed by atoms with Gasteiger partial charge in [0, 0.05) is 0 Å². The Hall–Kier alpha value is -2.06. The number of halogens is 1. The van der Waals surface area contributed by atoms with Gasteiger partial charge in [-0.05, 0) is 19.1 Å². The Kier molecular flexibility index (Phi) is 3.72. The van der Waals surface area contributed by atoms with Crippen molar-refractivity contribution in [3.8, 4) is 6.07 Å². The molecule has 0 aliphatic heterocycles. The first-order valence-corrected chi connectivity index (χ1v) is 6.21. The number of aromatic nitrogens is 2. The highest BCUT2D eigenvalue weighted by Crippen LogP contribution is 2.25. The van der Waals surface area contributed by atoms with Gasteiger partial charge in [0.25, 0.3) is 0 Å². The van der Waals surface area contributed by atoms with Gasteiger partial charge in [-0.2, -0.15) is 5.26 Å². The molecule has 0 saturated carbocycles. The van der Waals surface area contributed by atoms with Gasteiger partial charge in [-0.25, -0.2) is 9.78 Å². The normalized spacial score (nSPS) is 12.1. The minimum atomic E-state index is -0.544. The molecule has 19 heavy (non-hydrogen) atoms. The van der Waals surface area contributed by atoms with E-state index in [0.29, 0.717) is 22.4 Å². The van der Waals surface area contributed by atoms with Gasteiger partial charge < -0.3 is 9.30 Å². The van der Waals surface area contributed by atoms with Crippen LogP contribution in [0.3, 0.4) is 0 Å². The summed E-state index contributed by atoms with van der Waals surface area (Å²) in [6.07, 6.45) is 0. The van der Waals surface area contributed by atoms with Crippen LogP contribution in [0.5, 0.6) is 0 Å².